The van der Waals surface area contributed by atoms with Gasteiger partial charge >= 0.3 is 0 Å². The van der Waals surface area contributed by atoms with E-state index in [1.54, 1.807) is 0 Å². The lowest BCUT2D eigenvalue weighted by Crippen LogP contribution is -2.48. The van der Waals surface area contributed by atoms with Crippen LogP contribution in [0.4, 0.5) is 0 Å². The molecule has 124 valence electrons. The predicted octanol–water partition coefficient (Wildman–Crippen LogP) is 1.84. The molecule has 0 bridgehead atoms. The second kappa shape index (κ2) is 6.29. The Morgan fingerprint density at radius 2 is 2.18 bits per heavy atom. The van der Waals surface area contributed by atoms with Crippen LogP contribution >= 0.6 is 0 Å². The third-order valence-corrected chi connectivity index (χ3v) is 6.38. The van der Waals surface area contributed by atoms with Gasteiger partial charge in [0.15, 0.2) is 6.39 Å². The van der Waals surface area contributed by atoms with Crippen molar-refractivity contribution >= 4 is 10.0 Å². The SMILES string of the molecule is CC(C)c1ocnc1CN1CCCC(NS(=O)(=O)C2CC2)C1. The molecule has 0 spiro atoms. The molecule has 2 fully saturated rings. The monoisotopic (exact) mass is 327 g/mol. The average molecular weight is 327 g/mol. The quantitative estimate of drug-likeness (QED) is 0.863. The van der Waals surface area contributed by atoms with Gasteiger partial charge in [0.25, 0.3) is 0 Å². The predicted molar refractivity (Wildman–Crippen MR) is 84.0 cm³/mol. The van der Waals surface area contributed by atoms with E-state index in [1.807, 2.05) is 0 Å². The molecule has 0 aromatic carbocycles. The van der Waals surface area contributed by atoms with Gasteiger partial charge in [0.05, 0.1) is 10.9 Å². The smallest absolute Gasteiger partial charge is 0.214 e. The van der Waals surface area contributed by atoms with Gasteiger partial charge in [-0.3, -0.25) is 4.90 Å². The second-order valence-electron chi connectivity index (χ2n) is 6.75. The number of hydrogen-bond acceptors (Lipinski definition) is 5. The minimum atomic E-state index is -3.10. The molecule has 1 saturated heterocycles. The maximum absolute atomic E-state index is 12.1. The molecular formula is C15H25N3O3S. The van der Waals surface area contributed by atoms with Gasteiger partial charge in [-0.15, -0.1) is 0 Å². The van der Waals surface area contributed by atoms with Crippen LogP contribution in [0.5, 0.6) is 0 Å². The van der Waals surface area contributed by atoms with Gasteiger partial charge in [0, 0.05) is 25.0 Å². The van der Waals surface area contributed by atoms with Crippen molar-refractivity contribution in [1.29, 1.82) is 0 Å². The van der Waals surface area contributed by atoms with Crippen LogP contribution in [-0.2, 0) is 16.6 Å². The van der Waals surface area contributed by atoms with E-state index < -0.39 is 10.0 Å². The van der Waals surface area contributed by atoms with Crippen LogP contribution in [0, 0.1) is 0 Å². The lowest BCUT2D eigenvalue weighted by Gasteiger charge is -2.32. The fraction of sp³-hybridized carbons (Fsp3) is 0.800. The first-order valence-electron chi connectivity index (χ1n) is 8.11. The highest BCUT2D eigenvalue weighted by Gasteiger charge is 2.37. The summed E-state index contributed by atoms with van der Waals surface area (Å²) in [6.07, 6.45) is 5.04. The van der Waals surface area contributed by atoms with E-state index in [0.29, 0.717) is 5.92 Å². The van der Waals surface area contributed by atoms with Gasteiger partial charge in [-0.05, 0) is 32.2 Å². The van der Waals surface area contributed by atoms with E-state index >= 15 is 0 Å². The van der Waals surface area contributed by atoms with Crippen molar-refractivity contribution in [3.05, 3.63) is 17.8 Å². The van der Waals surface area contributed by atoms with Gasteiger partial charge in [0.1, 0.15) is 5.76 Å². The number of nitrogens with zero attached hydrogens (tertiary/aromatic N) is 2. The number of aromatic nitrogens is 1. The zero-order valence-corrected chi connectivity index (χ0v) is 14.1. The first kappa shape index (κ1) is 16.0. The lowest BCUT2D eigenvalue weighted by molar-refractivity contribution is 0.191. The number of nitrogens with one attached hydrogen (secondary N) is 1. The van der Waals surface area contributed by atoms with Crippen molar-refractivity contribution in [2.24, 2.45) is 0 Å². The summed E-state index contributed by atoms with van der Waals surface area (Å²) in [5.41, 5.74) is 0.973. The van der Waals surface area contributed by atoms with Crippen molar-refractivity contribution in [3.63, 3.8) is 0 Å². The fourth-order valence-corrected chi connectivity index (χ4v) is 4.69. The van der Waals surface area contributed by atoms with E-state index in [2.05, 4.69) is 28.5 Å². The zero-order chi connectivity index (χ0) is 15.7. The molecule has 1 unspecified atom stereocenters. The Labute approximate surface area is 132 Å². The average Bonchev–Trinajstić information content (AvgIpc) is 3.20. The molecule has 7 heteroatoms. The van der Waals surface area contributed by atoms with Crippen LogP contribution in [0.1, 0.15) is 56.9 Å². The standard InChI is InChI=1S/C15H25N3O3S/c1-11(2)15-14(16-10-21-15)9-18-7-3-4-12(8-18)17-22(19,20)13-5-6-13/h10-13,17H,3-9H2,1-2H3. The molecule has 6 nitrogen and oxygen atoms in total. The molecule has 2 heterocycles. The van der Waals surface area contributed by atoms with Crippen molar-refractivity contribution in [2.75, 3.05) is 13.1 Å². The van der Waals surface area contributed by atoms with Crippen LogP contribution in [-0.4, -0.2) is 42.7 Å². The van der Waals surface area contributed by atoms with E-state index in [9.17, 15) is 8.42 Å². The highest BCUT2D eigenvalue weighted by molar-refractivity contribution is 7.90. The Kier molecular flexibility index (Phi) is 4.56. The topological polar surface area (TPSA) is 75.4 Å². The van der Waals surface area contributed by atoms with Crippen molar-refractivity contribution in [2.45, 2.75) is 63.3 Å². The van der Waals surface area contributed by atoms with E-state index in [1.165, 1.54) is 6.39 Å². The minimum Gasteiger partial charge on any atom is -0.448 e. The Balaban J connectivity index is 1.59. The Morgan fingerprint density at radius 3 is 2.86 bits per heavy atom. The molecule has 1 aliphatic heterocycles. The third kappa shape index (κ3) is 3.70. The zero-order valence-electron chi connectivity index (χ0n) is 13.3. The fourth-order valence-electron chi connectivity index (χ4n) is 3.08. The number of sulfonamides is 1. The molecule has 0 amide bonds. The summed E-state index contributed by atoms with van der Waals surface area (Å²) in [7, 11) is -3.10. The number of hydrogen-bond donors (Lipinski definition) is 1. The molecule has 1 aromatic heterocycles. The molecule has 1 aromatic rings. The Hall–Kier alpha value is -0.920. The van der Waals surface area contributed by atoms with Crippen molar-refractivity contribution < 1.29 is 12.8 Å². The van der Waals surface area contributed by atoms with E-state index in [-0.39, 0.29) is 11.3 Å². The highest BCUT2D eigenvalue weighted by atomic mass is 32.2. The van der Waals surface area contributed by atoms with Crippen LogP contribution in [0.15, 0.2) is 10.8 Å². The summed E-state index contributed by atoms with van der Waals surface area (Å²) in [5.74, 6) is 1.24. The van der Waals surface area contributed by atoms with Gasteiger partial charge in [-0.2, -0.15) is 0 Å². The Bertz CT molecular complexity index is 607. The van der Waals surface area contributed by atoms with Crippen molar-refractivity contribution in [1.82, 2.24) is 14.6 Å². The Morgan fingerprint density at radius 1 is 1.41 bits per heavy atom. The summed E-state index contributed by atoms with van der Waals surface area (Å²) in [6.45, 7) is 6.63. The maximum atomic E-state index is 12.1. The number of oxazole rings is 1. The minimum absolute atomic E-state index is 0.0220. The lowest BCUT2D eigenvalue weighted by atomic mass is 10.1. The summed E-state index contributed by atoms with van der Waals surface area (Å²) in [4.78, 5) is 6.59. The van der Waals surface area contributed by atoms with Crippen LogP contribution in [0.3, 0.4) is 0 Å². The van der Waals surface area contributed by atoms with Gasteiger partial charge in [-0.1, -0.05) is 13.8 Å². The third-order valence-electron chi connectivity index (χ3n) is 4.37. The van der Waals surface area contributed by atoms with Crippen molar-refractivity contribution in [3.8, 4) is 0 Å². The summed E-state index contributed by atoms with van der Waals surface area (Å²) in [6, 6.07) is 0.0220. The normalized spacial score (nSPS) is 24.0. The molecule has 1 saturated carbocycles. The van der Waals surface area contributed by atoms with Gasteiger partial charge in [0.2, 0.25) is 10.0 Å². The number of likely N-dealkylation sites (tertiary alicyclic amines) is 1. The summed E-state index contributed by atoms with van der Waals surface area (Å²) < 4.78 is 32.5. The molecule has 22 heavy (non-hydrogen) atoms. The second-order valence-corrected chi connectivity index (χ2v) is 8.75. The molecular weight excluding hydrogens is 302 g/mol. The van der Waals surface area contributed by atoms with E-state index in [0.717, 1.165) is 56.8 Å². The van der Waals surface area contributed by atoms with Crippen LogP contribution in [0.25, 0.3) is 0 Å². The molecule has 0 radical (unpaired) electrons. The van der Waals surface area contributed by atoms with Crippen LogP contribution in [0.2, 0.25) is 0 Å². The maximum Gasteiger partial charge on any atom is 0.214 e. The molecule has 2 aliphatic rings. The van der Waals surface area contributed by atoms with Gasteiger partial charge in [-0.25, -0.2) is 18.1 Å². The molecule has 3 rings (SSSR count). The molecule has 1 atom stereocenters. The number of piperidine rings is 1. The number of rotatable bonds is 6. The summed E-state index contributed by atoms with van der Waals surface area (Å²) in [5, 5.41) is -0.147. The van der Waals surface area contributed by atoms with Gasteiger partial charge < -0.3 is 4.42 Å². The van der Waals surface area contributed by atoms with E-state index in [4.69, 9.17) is 4.42 Å². The molecule has 1 N–H and O–H groups in total. The summed E-state index contributed by atoms with van der Waals surface area (Å²) >= 11 is 0. The first-order valence-corrected chi connectivity index (χ1v) is 9.66. The highest BCUT2D eigenvalue weighted by Crippen LogP contribution is 2.28. The largest absolute Gasteiger partial charge is 0.448 e. The van der Waals surface area contributed by atoms with Crippen LogP contribution < -0.4 is 4.72 Å². The molecule has 1 aliphatic carbocycles. The first-order chi connectivity index (χ1) is 10.5.